The summed E-state index contributed by atoms with van der Waals surface area (Å²) >= 11 is 9.18. The second-order valence-electron chi connectivity index (χ2n) is 6.76. The van der Waals surface area contributed by atoms with E-state index in [1.807, 2.05) is 18.2 Å². The zero-order chi connectivity index (χ0) is 20.5. The third kappa shape index (κ3) is 4.64. The van der Waals surface area contributed by atoms with Crippen LogP contribution in [0.5, 0.6) is 0 Å². The number of hydrogen-bond acceptors (Lipinski definition) is 4. The molecular formula is C18H16BrClF2N6O. The fraction of sp³-hybridized carbons (Fsp3) is 0.333. The summed E-state index contributed by atoms with van der Waals surface area (Å²) in [6.45, 7) is 0.249. The monoisotopic (exact) mass is 484 g/mol. The van der Waals surface area contributed by atoms with E-state index in [0.717, 1.165) is 18.4 Å². The SMILES string of the molecule is O=C(Cn1nc(C(F)F)c(Br)c1C1CC1)Nc1ncn(Cc2cccc(Cl)c2)n1. The Balaban J connectivity index is 1.43. The van der Waals surface area contributed by atoms with Crippen molar-refractivity contribution < 1.29 is 13.6 Å². The number of benzene rings is 1. The zero-order valence-electron chi connectivity index (χ0n) is 15.0. The molecule has 0 unspecified atom stereocenters. The van der Waals surface area contributed by atoms with Crippen LogP contribution in [0.1, 0.15) is 42.1 Å². The molecule has 7 nitrogen and oxygen atoms in total. The van der Waals surface area contributed by atoms with E-state index in [2.05, 4.69) is 36.4 Å². The standard InChI is InChI=1S/C18H16BrClF2N6O/c19-14-15(17(21)22)25-28(16(14)11-4-5-11)8-13(29)24-18-23-9-27(26-18)7-10-2-1-3-12(20)6-10/h1-3,6,9,11,17H,4-5,7-8H2,(H,24,26,29). The van der Waals surface area contributed by atoms with Gasteiger partial charge in [-0.15, -0.1) is 5.10 Å². The first-order valence-electron chi connectivity index (χ1n) is 8.88. The number of amides is 1. The number of rotatable bonds is 7. The van der Waals surface area contributed by atoms with Crippen molar-refractivity contribution in [3.05, 3.63) is 57.0 Å². The molecule has 1 N–H and O–H groups in total. The summed E-state index contributed by atoms with van der Waals surface area (Å²) in [4.78, 5) is 16.5. The molecule has 1 saturated carbocycles. The molecule has 0 bridgehead atoms. The molecule has 1 aromatic carbocycles. The molecule has 0 aliphatic heterocycles. The number of hydrogen-bond donors (Lipinski definition) is 1. The van der Waals surface area contributed by atoms with Gasteiger partial charge >= 0.3 is 0 Å². The molecule has 29 heavy (non-hydrogen) atoms. The van der Waals surface area contributed by atoms with Crippen molar-refractivity contribution in [3.63, 3.8) is 0 Å². The average molecular weight is 486 g/mol. The van der Waals surface area contributed by atoms with Gasteiger partial charge in [0, 0.05) is 10.9 Å². The van der Waals surface area contributed by atoms with Gasteiger partial charge in [0.25, 0.3) is 6.43 Å². The van der Waals surface area contributed by atoms with E-state index >= 15 is 0 Å². The fourth-order valence-corrected chi connectivity index (χ4v) is 4.02. The Morgan fingerprint density at radius 3 is 2.83 bits per heavy atom. The highest BCUT2D eigenvalue weighted by atomic mass is 79.9. The number of nitrogens with zero attached hydrogens (tertiary/aromatic N) is 5. The second kappa shape index (κ2) is 8.19. The molecule has 1 fully saturated rings. The summed E-state index contributed by atoms with van der Waals surface area (Å²) in [5.74, 6) is -0.166. The quantitative estimate of drug-likeness (QED) is 0.538. The van der Waals surface area contributed by atoms with Crippen LogP contribution in [0, 0.1) is 0 Å². The molecule has 152 valence electrons. The molecule has 1 amide bonds. The summed E-state index contributed by atoms with van der Waals surface area (Å²) in [5, 5.41) is 11.3. The Kier molecular flexibility index (Phi) is 5.64. The highest BCUT2D eigenvalue weighted by Gasteiger charge is 2.34. The van der Waals surface area contributed by atoms with Crippen LogP contribution in [0.3, 0.4) is 0 Å². The summed E-state index contributed by atoms with van der Waals surface area (Å²) < 4.78 is 29.5. The molecule has 0 saturated heterocycles. The Morgan fingerprint density at radius 2 is 2.14 bits per heavy atom. The van der Waals surface area contributed by atoms with Crippen LogP contribution >= 0.6 is 27.5 Å². The zero-order valence-corrected chi connectivity index (χ0v) is 17.4. The molecule has 11 heteroatoms. The first-order valence-corrected chi connectivity index (χ1v) is 10.1. The molecule has 2 aromatic heterocycles. The van der Waals surface area contributed by atoms with E-state index in [-0.39, 0.29) is 28.6 Å². The second-order valence-corrected chi connectivity index (χ2v) is 7.99. The minimum Gasteiger partial charge on any atom is -0.292 e. The van der Waals surface area contributed by atoms with Gasteiger partial charge in [-0.1, -0.05) is 23.7 Å². The van der Waals surface area contributed by atoms with Gasteiger partial charge in [0.05, 0.1) is 16.7 Å². The number of halogens is 4. The summed E-state index contributed by atoms with van der Waals surface area (Å²) in [6.07, 6.45) is 0.565. The number of anilines is 1. The van der Waals surface area contributed by atoms with Crippen LogP contribution in [0.25, 0.3) is 0 Å². The van der Waals surface area contributed by atoms with Crippen LogP contribution in [0.15, 0.2) is 35.1 Å². The highest BCUT2D eigenvalue weighted by Crippen LogP contribution is 2.45. The van der Waals surface area contributed by atoms with Crippen molar-refractivity contribution in [2.75, 3.05) is 5.32 Å². The van der Waals surface area contributed by atoms with E-state index in [1.165, 1.54) is 11.0 Å². The number of carbonyl (C=O) groups is 1. The van der Waals surface area contributed by atoms with Gasteiger partial charge in [0.2, 0.25) is 11.9 Å². The van der Waals surface area contributed by atoms with Crippen molar-refractivity contribution in [2.24, 2.45) is 0 Å². The lowest BCUT2D eigenvalue weighted by molar-refractivity contribution is -0.117. The van der Waals surface area contributed by atoms with Crippen LogP contribution < -0.4 is 5.32 Å². The van der Waals surface area contributed by atoms with Crippen molar-refractivity contribution in [1.82, 2.24) is 24.5 Å². The van der Waals surface area contributed by atoms with E-state index < -0.39 is 12.3 Å². The smallest absolute Gasteiger partial charge is 0.283 e. The molecular weight excluding hydrogens is 470 g/mol. The minimum absolute atomic E-state index is 0.130. The van der Waals surface area contributed by atoms with E-state index in [4.69, 9.17) is 11.6 Å². The summed E-state index contributed by atoms with van der Waals surface area (Å²) in [6, 6.07) is 7.34. The lowest BCUT2D eigenvalue weighted by Gasteiger charge is -2.06. The third-order valence-corrected chi connectivity index (χ3v) is 5.49. The largest absolute Gasteiger partial charge is 0.292 e. The molecule has 0 spiro atoms. The average Bonchev–Trinajstić information content (AvgIpc) is 3.31. The van der Waals surface area contributed by atoms with Gasteiger partial charge in [0.1, 0.15) is 18.6 Å². The van der Waals surface area contributed by atoms with Gasteiger partial charge in [-0.3, -0.25) is 14.8 Å². The third-order valence-electron chi connectivity index (χ3n) is 4.44. The van der Waals surface area contributed by atoms with Crippen LogP contribution in [-0.2, 0) is 17.9 Å². The molecule has 2 heterocycles. The van der Waals surface area contributed by atoms with Crippen LogP contribution in [0.2, 0.25) is 5.02 Å². The van der Waals surface area contributed by atoms with Crippen molar-refractivity contribution in [3.8, 4) is 0 Å². The predicted octanol–water partition coefficient (Wildman–Crippen LogP) is 4.39. The van der Waals surface area contributed by atoms with E-state index in [0.29, 0.717) is 17.3 Å². The lowest BCUT2D eigenvalue weighted by Crippen LogP contribution is -2.21. The fourth-order valence-electron chi connectivity index (χ4n) is 3.03. The Labute approximate surface area is 178 Å². The maximum absolute atomic E-state index is 13.2. The maximum Gasteiger partial charge on any atom is 0.283 e. The van der Waals surface area contributed by atoms with Gasteiger partial charge in [0.15, 0.2) is 0 Å². The lowest BCUT2D eigenvalue weighted by atomic mass is 10.2. The Bertz CT molecular complexity index is 1050. The minimum atomic E-state index is -2.71. The first kappa shape index (κ1) is 20.0. The van der Waals surface area contributed by atoms with E-state index in [9.17, 15) is 13.6 Å². The number of alkyl halides is 2. The molecule has 0 atom stereocenters. The number of nitrogens with one attached hydrogen (secondary N) is 1. The molecule has 0 radical (unpaired) electrons. The number of carbonyl (C=O) groups excluding carboxylic acids is 1. The topological polar surface area (TPSA) is 77.6 Å². The summed E-state index contributed by atoms with van der Waals surface area (Å²) in [7, 11) is 0. The predicted molar refractivity (Wildman–Crippen MR) is 106 cm³/mol. The van der Waals surface area contributed by atoms with E-state index in [1.54, 1.807) is 10.7 Å². The van der Waals surface area contributed by atoms with Gasteiger partial charge in [-0.25, -0.2) is 18.4 Å². The molecule has 1 aliphatic rings. The highest BCUT2D eigenvalue weighted by molar-refractivity contribution is 9.10. The van der Waals surface area contributed by atoms with Gasteiger partial charge in [-0.05, 0) is 46.5 Å². The Morgan fingerprint density at radius 1 is 1.34 bits per heavy atom. The van der Waals surface area contributed by atoms with Gasteiger partial charge < -0.3 is 0 Å². The van der Waals surface area contributed by atoms with Crippen molar-refractivity contribution >= 4 is 39.4 Å². The van der Waals surface area contributed by atoms with Gasteiger partial charge in [-0.2, -0.15) is 5.10 Å². The van der Waals surface area contributed by atoms with Crippen molar-refractivity contribution in [2.45, 2.75) is 38.3 Å². The maximum atomic E-state index is 13.2. The van der Waals surface area contributed by atoms with Crippen LogP contribution in [0.4, 0.5) is 14.7 Å². The summed E-state index contributed by atoms with van der Waals surface area (Å²) in [5.41, 5.74) is 1.23. The normalized spacial score (nSPS) is 13.8. The first-order chi connectivity index (χ1) is 13.9. The number of aromatic nitrogens is 5. The molecule has 1 aliphatic carbocycles. The van der Waals surface area contributed by atoms with Crippen molar-refractivity contribution in [1.29, 1.82) is 0 Å². The molecule has 4 rings (SSSR count). The Hall–Kier alpha value is -2.33. The van der Waals surface area contributed by atoms with Crippen LogP contribution in [-0.4, -0.2) is 30.5 Å². The molecule has 3 aromatic rings.